The summed E-state index contributed by atoms with van der Waals surface area (Å²) in [5, 5.41) is 2.49. The molecule has 0 saturated carbocycles. The van der Waals surface area contributed by atoms with Gasteiger partial charge in [-0.25, -0.2) is 0 Å². The molecule has 0 N–H and O–H groups in total. The van der Waals surface area contributed by atoms with Gasteiger partial charge >= 0.3 is 0 Å². The molecule has 0 unspecified atom stereocenters. The first-order valence-electron chi connectivity index (χ1n) is 26.0. The van der Waals surface area contributed by atoms with Crippen molar-refractivity contribution in [1.29, 1.82) is 0 Å². The van der Waals surface area contributed by atoms with E-state index >= 15 is 0 Å². The van der Waals surface area contributed by atoms with Gasteiger partial charge in [-0.3, -0.25) is 0 Å². The minimum absolute atomic E-state index is 0.0818. The van der Waals surface area contributed by atoms with Crippen LogP contribution in [0.3, 0.4) is 0 Å². The molecule has 0 saturated heterocycles. The standard InChI is InChI=1S/C52H35NS/c1-4-14-36(15-5-1)39-26-30-43(31-27-39)53(44-32-28-40(29-33-44)37-16-6-2-7-17-37)49-35-48-51-45(42-21-12-20-41(34-42)38-18-8-3-9-19-38)24-13-25-50(51)54-52(48)47-23-11-10-22-46(47)49/h1-35H/i1D,2D,4D,5D,6D,7D,14D,15D,16D,17D,26D,27D,28D,29D,30D,31D,32D,33D. The summed E-state index contributed by atoms with van der Waals surface area (Å²) in [7, 11) is 0. The van der Waals surface area contributed by atoms with Crippen LogP contribution in [-0.4, -0.2) is 0 Å². The molecule has 254 valence electrons. The third kappa shape index (κ3) is 5.74. The molecule has 0 aliphatic rings. The second-order valence-electron chi connectivity index (χ2n) is 12.3. The molecule has 0 radical (unpaired) electrons. The highest BCUT2D eigenvalue weighted by Gasteiger charge is 2.21. The van der Waals surface area contributed by atoms with Crippen molar-refractivity contribution in [1.82, 2.24) is 0 Å². The fourth-order valence-electron chi connectivity index (χ4n) is 6.74. The van der Waals surface area contributed by atoms with Crippen LogP contribution in [0.2, 0.25) is 0 Å². The van der Waals surface area contributed by atoms with Crippen LogP contribution in [-0.2, 0) is 0 Å². The molecule has 0 aliphatic carbocycles. The summed E-state index contributed by atoms with van der Waals surface area (Å²) in [6, 6.07) is 18.2. The van der Waals surface area contributed by atoms with E-state index in [1.807, 2.05) is 72.8 Å². The van der Waals surface area contributed by atoms with Gasteiger partial charge in [0, 0.05) is 42.3 Å². The molecule has 0 fully saturated rings. The molecule has 1 nitrogen and oxygen atoms in total. The van der Waals surface area contributed by atoms with E-state index in [9.17, 15) is 11.0 Å². The van der Waals surface area contributed by atoms with Gasteiger partial charge in [0.25, 0.3) is 0 Å². The maximum Gasteiger partial charge on any atom is 0.0645 e. The van der Waals surface area contributed by atoms with Gasteiger partial charge in [-0.05, 0) is 86.9 Å². The minimum Gasteiger partial charge on any atom is -0.310 e. The molecular formula is C52H35NS. The third-order valence-electron chi connectivity index (χ3n) is 9.17. The highest BCUT2D eigenvalue weighted by atomic mass is 32.1. The Morgan fingerprint density at radius 2 is 0.926 bits per heavy atom. The molecule has 0 atom stereocenters. The van der Waals surface area contributed by atoms with Crippen LogP contribution < -0.4 is 4.90 Å². The lowest BCUT2D eigenvalue weighted by Crippen LogP contribution is -2.10. The number of nitrogens with zero attached hydrogens (tertiary/aromatic N) is 1. The Bertz CT molecular complexity index is 3730. The molecule has 0 aliphatic heterocycles. The van der Waals surface area contributed by atoms with Crippen LogP contribution in [0.15, 0.2) is 212 Å². The average Bonchev–Trinajstić information content (AvgIpc) is 3.78. The first-order chi connectivity index (χ1) is 34.3. The van der Waals surface area contributed by atoms with Gasteiger partial charge in [0.05, 0.1) is 30.4 Å². The van der Waals surface area contributed by atoms with Gasteiger partial charge in [0.15, 0.2) is 0 Å². The average molecular weight is 724 g/mol. The molecule has 9 aromatic carbocycles. The molecule has 10 rings (SSSR count). The van der Waals surface area contributed by atoms with Crippen LogP contribution in [0.4, 0.5) is 17.1 Å². The van der Waals surface area contributed by atoms with Gasteiger partial charge in [0.1, 0.15) is 0 Å². The molecule has 0 bridgehead atoms. The Hall–Kier alpha value is -6.74. The Morgan fingerprint density at radius 1 is 0.389 bits per heavy atom. The summed E-state index contributed by atoms with van der Waals surface area (Å²) in [6.45, 7) is 0. The lowest BCUT2D eigenvalue weighted by Gasteiger charge is -2.28. The Kier molecular flexibility index (Phi) is 4.64. The van der Waals surface area contributed by atoms with Crippen LogP contribution >= 0.6 is 11.3 Å². The Morgan fingerprint density at radius 3 is 1.57 bits per heavy atom. The fourth-order valence-corrected chi connectivity index (χ4v) is 7.99. The molecule has 0 amide bonds. The van der Waals surface area contributed by atoms with E-state index in [0.717, 1.165) is 41.9 Å². The number of benzene rings is 9. The van der Waals surface area contributed by atoms with E-state index < -0.39 is 142 Å². The molecular weight excluding hydrogens is 671 g/mol. The Labute approximate surface area is 345 Å². The summed E-state index contributed by atoms with van der Waals surface area (Å²) in [5.41, 5.74) is 0.165. The zero-order valence-electron chi connectivity index (χ0n) is 46.2. The maximum absolute atomic E-state index is 9.69. The minimum atomic E-state index is -0.840. The molecule has 0 spiro atoms. The predicted octanol–water partition coefficient (Wildman–Crippen LogP) is 15.3. The SMILES string of the molecule is [2H]c1c([2H])c([2H])c(-c2c([2H])c([2H])c(N(c3c([2H])c([2H])c(-c4c([2H])c([2H])c([2H])c([2H])c4[2H])c([2H])c3[2H])c3cc4c(sc5cccc(-c6cccc(-c7ccccc7)c6)c54)c4ccccc34)c([2H])c2[2H])c([2H])c1[2H]. The van der Waals surface area contributed by atoms with E-state index in [-0.39, 0.29) is 5.69 Å². The molecule has 10 aromatic rings. The second-order valence-corrected chi connectivity index (χ2v) is 13.4. The lowest BCUT2D eigenvalue weighted by molar-refractivity contribution is 1.30. The summed E-state index contributed by atoms with van der Waals surface area (Å²) in [4.78, 5) is 1.10. The van der Waals surface area contributed by atoms with Gasteiger partial charge in [-0.1, -0.05) is 170 Å². The number of anilines is 3. The monoisotopic (exact) mass is 723 g/mol. The summed E-state index contributed by atoms with van der Waals surface area (Å²) >= 11 is 1.50. The van der Waals surface area contributed by atoms with E-state index in [1.165, 1.54) is 11.3 Å². The van der Waals surface area contributed by atoms with Gasteiger partial charge in [-0.15, -0.1) is 11.3 Å². The van der Waals surface area contributed by atoms with Crippen molar-refractivity contribution in [2.45, 2.75) is 0 Å². The second kappa shape index (κ2) is 13.7. The van der Waals surface area contributed by atoms with Crippen molar-refractivity contribution in [3.63, 3.8) is 0 Å². The fraction of sp³-hybridized carbons (Fsp3) is 0. The normalized spacial score (nSPS) is 16.0. The predicted molar refractivity (Wildman–Crippen MR) is 233 cm³/mol. The number of thiophene rings is 1. The number of fused-ring (bicyclic) bond motifs is 5. The van der Waals surface area contributed by atoms with Gasteiger partial charge in [-0.2, -0.15) is 0 Å². The van der Waals surface area contributed by atoms with Crippen molar-refractivity contribution in [2.75, 3.05) is 4.90 Å². The summed E-state index contributed by atoms with van der Waals surface area (Å²) in [5.74, 6) is 0. The first kappa shape index (κ1) is 18.3. The van der Waals surface area contributed by atoms with Crippen LogP contribution in [0.25, 0.3) is 75.5 Å². The number of rotatable bonds is 7. The van der Waals surface area contributed by atoms with Crippen molar-refractivity contribution >= 4 is 59.3 Å². The largest absolute Gasteiger partial charge is 0.310 e. The Balaban J connectivity index is 1.35. The van der Waals surface area contributed by atoms with Crippen molar-refractivity contribution < 1.29 is 24.7 Å². The summed E-state index contributed by atoms with van der Waals surface area (Å²) in [6.07, 6.45) is 0. The van der Waals surface area contributed by atoms with E-state index in [2.05, 4.69) is 6.07 Å². The zero-order valence-corrected chi connectivity index (χ0v) is 29.0. The molecule has 1 heterocycles. The van der Waals surface area contributed by atoms with Crippen molar-refractivity contribution in [3.8, 4) is 44.5 Å². The highest BCUT2D eigenvalue weighted by Crippen LogP contribution is 2.48. The quantitative estimate of drug-likeness (QED) is 0.158. The third-order valence-corrected chi connectivity index (χ3v) is 10.4. The van der Waals surface area contributed by atoms with Crippen LogP contribution in [0.1, 0.15) is 24.7 Å². The lowest BCUT2D eigenvalue weighted by atomic mass is 9.94. The highest BCUT2D eigenvalue weighted by molar-refractivity contribution is 7.26. The smallest absolute Gasteiger partial charge is 0.0645 e. The number of hydrogen-bond donors (Lipinski definition) is 0. The van der Waals surface area contributed by atoms with Gasteiger partial charge in [0.2, 0.25) is 0 Å². The number of hydrogen-bond acceptors (Lipinski definition) is 2. The van der Waals surface area contributed by atoms with Crippen molar-refractivity contribution in [3.05, 3.63) is 212 Å². The molecule has 2 heteroatoms. The zero-order chi connectivity index (χ0) is 51.5. The molecule has 1 aromatic heterocycles. The van der Waals surface area contributed by atoms with Crippen molar-refractivity contribution in [2.24, 2.45) is 0 Å². The van der Waals surface area contributed by atoms with Crippen LogP contribution in [0.5, 0.6) is 0 Å². The first-order valence-corrected chi connectivity index (χ1v) is 17.8. The maximum atomic E-state index is 9.69. The van der Waals surface area contributed by atoms with Crippen LogP contribution in [0, 0.1) is 0 Å². The topological polar surface area (TPSA) is 3.24 Å². The van der Waals surface area contributed by atoms with E-state index in [0.29, 0.717) is 16.2 Å². The molecule has 54 heavy (non-hydrogen) atoms. The summed E-state index contributed by atoms with van der Waals surface area (Å²) < 4.78 is 163. The van der Waals surface area contributed by atoms with E-state index in [1.54, 1.807) is 24.3 Å². The van der Waals surface area contributed by atoms with Gasteiger partial charge < -0.3 is 4.90 Å². The van der Waals surface area contributed by atoms with E-state index in [4.69, 9.17) is 13.7 Å².